The summed E-state index contributed by atoms with van der Waals surface area (Å²) in [6.45, 7) is 3.70. The molecule has 1 aliphatic rings. The third-order valence-corrected chi connectivity index (χ3v) is 5.48. The van der Waals surface area contributed by atoms with Crippen molar-refractivity contribution in [2.45, 2.75) is 6.92 Å². The Morgan fingerprint density at radius 1 is 1.07 bits per heavy atom. The molecule has 1 aliphatic heterocycles. The minimum Gasteiger partial charge on any atom is -0.461 e. The molecule has 0 bridgehead atoms. The van der Waals surface area contributed by atoms with Gasteiger partial charge in [0, 0.05) is 42.8 Å². The van der Waals surface area contributed by atoms with Crippen molar-refractivity contribution in [3.63, 3.8) is 0 Å². The Morgan fingerprint density at radius 3 is 2.43 bits per heavy atom. The van der Waals surface area contributed by atoms with E-state index < -0.39 is 4.92 Å². The first-order valence-electron chi connectivity index (χ1n) is 9.58. The van der Waals surface area contributed by atoms with Gasteiger partial charge >= 0.3 is 0 Å². The molecule has 3 aromatic rings. The number of hydrogen-bond acceptors (Lipinski definition) is 5. The van der Waals surface area contributed by atoms with Crippen molar-refractivity contribution in [3.8, 4) is 11.3 Å². The zero-order chi connectivity index (χ0) is 21.3. The molecule has 1 fully saturated rings. The number of rotatable bonds is 4. The molecule has 1 saturated heterocycles. The number of halogens is 1. The van der Waals surface area contributed by atoms with Gasteiger partial charge in [-0.3, -0.25) is 14.9 Å². The van der Waals surface area contributed by atoms with E-state index in [0.717, 1.165) is 5.56 Å². The zero-order valence-corrected chi connectivity index (χ0v) is 17.1. The van der Waals surface area contributed by atoms with Gasteiger partial charge in [-0.05, 0) is 25.1 Å². The summed E-state index contributed by atoms with van der Waals surface area (Å²) in [5.74, 6) is 1.14. The van der Waals surface area contributed by atoms with Gasteiger partial charge in [0.15, 0.2) is 0 Å². The van der Waals surface area contributed by atoms with Gasteiger partial charge in [-0.2, -0.15) is 0 Å². The number of piperazine rings is 1. The molecule has 154 valence electrons. The van der Waals surface area contributed by atoms with Gasteiger partial charge in [0.05, 0.1) is 10.5 Å². The van der Waals surface area contributed by atoms with Gasteiger partial charge in [-0.15, -0.1) is 0 Å². The normalized spacial score (nSPS) is 14.1. The predicted octanol–water partition coefficient (Wildman–Crippen LogP) is 4.78. The number of anilines is 1. The van der Waals surface area contributed by atoms with Crippen LogP contribution in [0.25, 0.3) is 11.3 Å². The van der Waals surface area contributed by atoms with Crippen molar-refractivity contribution in [1.29, 1.82) is 0 Å². The molecule has 8 heteroatoms. The van der Waals surface area contributed by atoms with E-state index in [1.165, 1.54) is 6.07 Å². The van der Waals surface area contributed by atoms with Gasteiger partial charge in [-0.25, -0.2) is 0 Å². The van der Waals surface area contributed by atoms with E-state index in [-0.39, 0.29) is 11.6 Å². The van der Waals surface area contributed by atoms with Gasteiger partial charge in [0.25, 0.3) is 11.6 Å². The van der Waals surface area contributed by atoms with Gasteiger partial charge in [-0.1, -0.05) is 41.9 Å². The summed E-state index contributed by atoms with van der Waals surface area (Å²) in [6, 6.07) is 16.1. The van der Waals surface area contributed by atoms with E-state index in [1.807, 2.05) is 35.2 Å². The third-order valence-electron chi connectivity index (χ3n) is 5.25. The Kier molecular flexibility index (Phi) is 5.46. The fraction of sp³-hybridized carbons (Fsp3) is 0.227. The van der Waals surface area contributed by atoms with E-state index in [1.54, 1.807) is 30.0 Å². The molecule has 4 rings (SSSR count). The monoisotopic (exact) mass is 425 g/mol. The van der Waals surface area contributed by atoms with Crippen molar-refractivity contribution in [2.75, 3.05) is 31.1 Å². The van der Waals surface area contributed by atoms with Gasteiger partial charge in [0.2, 0.25) is 0 Å². The number of nitro groups is 1. The molecule has 2 heterocycles. The molecule has 0 unspecified atom stereocenters. The highest BCUT2D eigenvalue weighted by Gasteiger charge is 2.28. The van der Waals surface area contributed by atoms with Crippen molar-refractivity contribution < 1.29 is 14.1 Å². The summed E-state index contributed by atoms with van der Waals surface area (Å²) in [5, 5.41) is 11.7. The van der Waals surface area contributed by atoms with Crippen LogP contribution < -0.4 is 4.90 Å². The third kappa shape index (κ3) is 3.89. The predicted molar refractivity (Wildman–Crippen MR) is 115 cm³/mol. The molecule has 30 heavy (non-hydrogen) atoms. The molecule has 0 N–H and O–H groups in total. The number of amides is 1. The maximum Gasteiger partial charge on any atom is 0.294 e. The summed E-state index contributed by atoms with van der Waals surface area (Å²) < 4.78 is 5.81. The van der Waals surface area contributed by atoms with Crippen LogP contribution in [-0.4, -0.2) is 41.9 Å². The van der Waals surface area contributed by atoms with Crippen LogP contribution in [0.15, 0.2) is 59.0 Å². The minimum atomic E-state index is -0.432. The maximum absolute atomic E-state index is 13.0. The largest absolute Gasteiger partial charge is 0.461 e. The molecule has 0 radical (unpaired) electrons. The lowest BCUT2D eigenvalue weighted by atomic mass is 10.1. The Bertz CT molecular complexity index is 1090. The van der Waals surface area contributed by atoms with Crippen molar-refractivity contribution >= 4 is 28.9 Å². The van der Waals surface area contributed by atoms with Gasteiger partial charge < -0.3 is 14.2 Å². The van der Waals surface area contributed by atoms with Crippen LogP contribution in [0.3, 0.4) is 0 Å². The number of furan rings is 1. The van der Waals surface area contributed by atoms with Crippen LogP contribution in [0, 0.1) is 17.0 Å². The summed E-state index contributed by atoms with van der Waals surface area (Å²) in [7, 11) is 0. The standard InChI is InChI=1S/C22H20ClN3O4/c1-15-18(14-21(30-15)16-5-3-2-4-6-16)22(27)25-11-9-24(10-12-25)19-8-7-17(23)13-20(19)26(28)29/h2-8,13-14H,9-12H2,1H3. The number of hydrogen-bond donors (Lipinski definition) is 0. The molecule has 0 saturated carbocycles. The molecule has 1 aromatic heterocycles. The summed E-state index contributed by atoms with van der Waals surface area (Å²) in [5.41, 5.74) is 1.95. The average Bonchev–Trinajstić information content (AvgIpc) is 3.15. The number of aryl methyl sites for hydroxylation is 1. The van der Waals surface area contributed by atoms with E-state index in [2.05, 4.69) is 0 Å². The molecule has 2 aromatic carbocycles. The van der Waals surface area contributed by atoms with Crippen molar-refractivity contribution in [2.24, 2.45) is 0 Å². The van der Waals surface area contributed by atoms with E-state index in [4.69, 9.17) is 16.0 Å². The first kappa shape index (κ1) is 20.0. The molecule has 0 spiro atoms. The van der Waals surface area contributed by atoms with Crippen LogP contribution in [0.1, 0.15) is 16.1 Å². The Labute approximate surface area is 178 Å². The van der Waals surface area contributed by atoms with Crippen LogP contribution in [0.4, 0.5) is 11.4 Å². The van der Waals surface area contributed by atoms with Crippen molar-refractivity contribution in [3.05, 3.63) is 81.1 Å². The SMILES string of the molecule is Cc1oc(-c2ccccc2)cc1C(=O)N1CCN(c2ccc(Cl)cc2[N+](=O)[O-])CC1. The summed E-state index contributed by atoms with van der Waals surface area (Å²) in [4.78, 5) is 27.7. The van der Waals surface area contributed by atoms with E-state index >= 15 is 0 Å². The Hall–Kier alpha value is -3.32. The van der Waals surface area contributed by atoms with Crippen LogP contribution in [0.5, 0.6) is 0 Å². The highest BCUT2D eigenvalue weighted by Crippen LogP contribution is 2.32. The topological polar surface area (TPSA) is 79.8 Å². The van der Waals surface area contributed by atoms with Gasteiger partial charge in [0.1, 0.15) is 17.2 Å². The second kappa shape index (κ2) is 8.20. The molecular weight excluding hydrogens is 406 g/mol. The number of carbonyl (C=O) groups is 1. The second-order valence-corrected chi connectivity index (χ2v) is 7.55. The quantitative estimate of drug-likeness (QED) is 0.444. The second-order valence-electron chi connectivity index (χ2n) is 7.12. The molecular formula is C22H20ClN3O4. The highest BCUT2D eigenvalue weighted by molar-refractivity contribution is 6.30. The average molecular weight is 426 g/mol. The smallest absolute Gasteiger partial charge is 0.294 e. The summed E-state index contributed by atoms with van der Waals surface area (Å²) >= 11 is 5.91. The molecule has 1 amide bonds. The first-order valence-corrected chi connectivity index (χ1v) is 9.96. The number of nitrogens with zero attached hydrogens (tertiary/aromatic N) is 3. The lowest BCUT2D eigenvalue weighted by molar-refractivity contribution is -0.384. The number of carbonyl (C=O) groups excluding carboxylic acids is 1. The van der Waals surface area contributed by atoms with Crippen molar-refractivity contribution in [1.82, 2.24) is 4.90 Å². The minimum absolute atomic E-state index is 0.0274. The van der Waals surface area contributed by atoms with E-state index in [0.29, 0.717) is 54.0 Å². The Morgan fingerprint density at radius 2 is 1.77 bits per heavy atom. The maximum atomic E-state index is 13.0. The summed E-state index contributed by atoms with van der Waals surface area (Å²) in [6.07, 6.45) is 0. The fourth-order valence-electron chi connectivity index (χ4n) is 3.67. The van der Waals surface area contributed by atoms with E-state index in [9.17, 15) is 14.9 Å². The van der Waals surface area contributed by atoms with Crippen LogP contribution in [0.2, 0.25) is 5.02 Å². The Balaban J connectivity index is 1.48. The number of nitro benzene ring substituents is 1. The lowest BCUT2D eigenvalue weighted by Gasteiger charge is -2.35. The number of benzene rings is 2. The fourth-order valence-corrected chi connectivity index (χ4v) is 3.84. The highest BCUT2D eigenvalue weighted by atomic mass is 35.5. The molecule has 7 nitrogen and oxygen atoms in total. The van der Waals surface area contributed by atoms with Crippen LogP contribution in [-0.2, 0) is 0 Å². The molecule has 0 aliphatic carbocycles. The molecule has 0 atom stereocenters. The first-order chi connectivity index (χ1) is 14.4. The lowest BCUT2D eigenvalue weighted by Crippen LogP contribution is -2.49. The van der Waals surface area contributed by atoms with Crippen LogP contribution >= 0.6 is 11.6 Å². The zero-order valence-electron chi connectivity index (χ0n) is 16.4.